The summed E-state index contributed by atoms with van der Waals surface area (Å²) < 4.78 is 25.0. The Morgan fingerprint density at radius 1 is 0.267 bits per heavy atom. The maximum atomic E-state index is 9.82. The summed E-state index contributed by atoms with van der Waals surface area (Å²) in [6.45, 7) is -1.09. The highest BCUT2D eigenvalue weighted by Crippen LogP contribution is 2.76. The second-order valence-electron chi connectivity index (χ2n) is 12.9. The molecule has 1 saturated heterocycles. The monoisotopic (exact) mass is 873 g/mol. The molecule has 60 heavy (non-hydrogen) atoms. The average molecular weight is 874 g/mol. The van der Waals surface area contributed by atoms with Gasteiger partial charge in [0.15, 0.2) is 0 Å². The lowest BCUT2D eigenvalue weighted by atomic mass is 10.2. The lowest BCUT2D eigenvalue weighted by Gasteiger charge is -2.47. The summed E-state index contributed by atoms with van der Waals surface area (Å²) in [5.74, 6) is 2.17. The summed E-state index contributed by atoms with van der Waals surface area (Å²) in [6, 6.07) is 41.0. The maximum Gasteiger partial charge on any atom is 0.336 e. The zero-order chi connectivity index (χ0) is 41.8. The highest BCUT2D eigenvalue weighted by atomic mass is 31.3. The molecular weight excluding hydrogens is 831 g/mol. The third-order valence-electron chi connectivity index (χ3n) is 8.64. The Kier molecular flexibility index (Phi) is 15.1. The number of hydrogen-bond acceptors (Lipinski definition) is 15. The van der Waals surface area contributed by atoms with Gasteiger partial charge in [-0.2, -0.15) is 0 Å². The van der Waals surface area contributed by atoms with Crippen LogP contribution in [-0.2, 0) is 39.6 Å². The largest absolute Gasteiger partial charge is 0.440 e. The molecule has 0 saturated carbocycles. The van der Waals surface area contributed by atoms with E-state index in [2.05, 4.69) is 0 Å². The molecule has 0 radical (unpaired) electrons. The molecule has 0 atom stereocenters. The number of hydrogen-bond donors (Lipinski definition) is 6. The van der Waals surface area contributed by atoms with E-state index in [1.807, 2.05) is 0 Å². The Morgan fingerprint density at radius 2 is 0.433 bits per heavy atom. The summed E-state index contributed by atoms with van der Waals surface area (Å²) in [6.07, 6.45) is 0. The second kappa shape index (κ2) is 21.0. The van der Waals surface area contributed by atoms with E-state index in [0.717, 1.165) is 0 Å². The molecule has 6 aromatic carbocycles. The minimum Gasteiger partial charge on any atom is -0.440 e. The van der Waals surface area contributed by atoms with Crippen LogP contribution in [0.5, 0.6) is 34.5 Å². The molecule has 1 heterocycles. The van der Waals surface area contributed by atoms with Gasteiger partial charge in [-0.05, 0) is 106 Å². The van der Waals surface area contributed by atoms with E-state index < -0.39 is 25.3 Å². The van der Waals surface area contributed by atoms with Crippen LogP contribution in [0, 0.1) is 0 Å². The quantitative estimate of drug-likeness (QED) is 0.0460. The van der Waals surface area contributed by atoms with Gasteiger partial charge in [0.2, 0.25) is 0 Å². The summed E-state index contributed by atoms with van der Waals surface area (Å²) >= 11 is 0. The topological polar surface area (TPSA) is 186 Å². The molecule has 0 aromatic heterocycles. The zero-order valence-corrected chi connectivity index (χ0v) is 34.6. The first-order valence-corrected chi connectivity index (χ1v) is 22.0. The van der Waals surface area contributed by atoms with Crippen molar-refractivity contribution in [1.82, 2.24) is 13.8 Å². The van der Waals surface area contributed by atoms with E-state index in [1.165, 1.54) is 13.8 Å². The van der Waals surface area contributed by atoms with Gasteiger partial charge in [0.05, 0.1) is 39.6 Å². The van der Waals surface area contributed by atoms with Gasteiger partial charge in [0.25, 0.3) is 0 Å². The predicted octanol–water partition coefficient (Wildman–Crippen LogP) is 7.76. The maximum absolute atomic E-state index is 9.82. The number of benzene rings is 6. The molecular formula is C42H42N3O12P3. The Balaban J connectivity index is 1.43. The minimum absolute atomic E-state index is 0.179. The van der Waals surface area contributed by atoms with Gasteiger partial charge in [-0.3, -0.25) is 0 Å². The van der Waals surface area contributed by atoms with Gasteiger partial charge >= 0.3 is 25.3 Å². The van der Waals surface area contributed by atoms with Gasteiger partial charge in [0.1, 0.15) is 34.5 Å². The Labute approximate surface area is 350 Å². The average Bonchev–Trinajstić information content (AvgIpc) is 3.31. The van der Waals surface area contributed by atoms with Crippen LogP contribution in [0.4, 0.5) is 0 Å². The van der Waals surface area contributed by atoms with Gasteiger partial charge in [-0.15, -0.1) is 0 Å². The summed E-state index contributed by atoms with van der Waals surface area (Å²) in [5.41, 5.74) is 3.95. The van der Waals surface area contributed by atoms with Crippen molar-refractivity contribution >= 4 is 25.3 Å². The number of aliphatic hydroxyl groups is 6. The van der Waals surface area contributed by atoms with Crippen molar-refractivity contribution in [3.8, 4) is 34.5 Å². The SMILES string of the molecule is OCc1ccc(ON2P(Oc3ccc(CO)cc3)N(Oc3ccc(CO)cc3)P(Oc3ccc(CO)cc3)N(Oc3ccc(CO)cc3)P2Oc2ccc(CO)cc2)cc1. The molecule has 0 unspecified atom stereocenters. The molecule has 1 aliphatic rings. The molecule has 15 nitrogen and oxygen atoms in total. The zero-order valence-electron chi connectivity index (χ0n) is 31.9. The van der Waals surface area contributed by atoms with Crippen molar-refractivity contribution in [2.45, 2.75) is 39.6 Å². The third-order valence-corrected chi connectivity index (χ3v) is 14.8. The van der Waals surface area contributed by atoms with Crippen LogP contribution >= 0.6 is 25.3 Å². The van der Waals surface area contributed by atoms with Crippen LogP contribution in [-0.4, -0.2) is 44.5 Å². The standard InChI is InChI=1S/C42H42N3O12P3/c46-25-31-1-13-37(14-2-31)52-43-58(55-40-19-7-34(28-49)8-20-40)44(53-38-15-3-32(26-47)4-16-38)60(57-42-23-11-36(30-51)12-24-42)45(54-39-17-5-33(27-48)6-18-39)59(43)56-41-21-9-35(29-50)10-22-41/h1-24,46-51H,25-30H2. The molecule has 6 N–H and O–H groups in total. The molecule has 7 rings (SSSR count). The molecule has 18 heteroatoms. The van der Waals surface area contributed by atoms with Crippen LogP contribution in [0.3, 0.4) is 0 Å². The Morgan fingerprint density at radius 3 is 0.600 bits per heavy atom. The van der Waals surface area contributed by atoms with E-state index >= 15 is 0 Å². The smallest absolute Gasteiger partial charge is 0.336 e. The van der Waals surface area contributed by atoms with Gasteiger partial charge in [-0.1, -0.05) is 72.8 Å². The number of aliphatic hydroxyl groups excluding tert-OH is 6. The highest BCUT2D eigenvalue weighted by molar-refractivity contribution is 7.78. The van der Waals surface area contributed by atoms with Crippen molar-refractivity contribution in [3.63, 3.8) is 0 Å². The van der Waals surface area contributed by atoms with Crippen molar-refractivity contribution in [2.75, 3.05) is 0 Å². The Bertz CT molecular complexity index is 1800. The lowest BCUT2D eigenvalue weighted by Crippen LogP contribution is -2.44. The van der Waals surface area contributed by atoms with Gasteiger partial charge in [-0.25, -0.2) is 0 Å². The van der Waals surface area contributed by atoms with Crippen LogP contribution in [0.25, 0.3) is 0 Å². The first-order chi connectivity index (χ1) is 29.4. The minimum atomic E-state index is -2.32. The van der Waals surface area contributed by atoms with Crippen molar-refractivity contribution < 1.29 is 58.7 Å². The van der Waals surface area contributed by atoms with E-state index in [1.54, 1.807) is 146 Å². The van der Waals surface area contributed by atoms with E-state index in [-0.39, 0.29) is 39.6 Å². The molecule has 0 spiro atoms. The second-order valence-corrected chi connectivity index (χ2v) is 18.1. The first kappa shape index (κ1) is 43.1. The fraction of sp³-hybridized carbons (Fsp3) is 0.143. The fourth-order valence-electron chi connectivity index (χ4n) is 5.31. The summed E-state index contributed by atoms with van der Waals surface area (Å²) in [7, 11) is -6.97. The van der Waals surface area contributed by atoms with Crippen LogP contribution in [0.1, 0.15) is 33.4 Å². The number of rotatable bonds is 18. The molecule has 0 aliphatic carbocycles. The molecule has 312 valence electrons. The highest BCUT2D eigenvalue weighted by Gasteiger charge is 2.60. The first-order valence-electron chi connectivity index (χ1n) is 18.5. The summed E-state index contributed by atoms with van der Waals surface area (Å²) in [5, 5.41) is 58.9. The fourth-order valence-corrected chi connectivity index (χ4v) is 12.1. The normalized spacial score (nSPS) is 17.2. The Hall–Kier alpha value is -4.95. The molecule has 1 fully saturated rings. The van der Waals surface area contributed by atoms with Gasteiger partial charge in [0, 0.05) is 13.8 Å². The van der Waals surface area contributed by atoms with Crippen LogP contribution in [0.15, 0.2) is 146 Å². The molecule has 0 bridgehead atoms. The lowest BCUT2D eigenvalue weighted by molar-refractivity contribution is 0.0103. The van der Waals surface area contributed by atoms with E-state index in [9.17, 15) is 30.6 Å². The van der Waals surface area contributed by atoms with Crippen molar-refractivity contribution in [1.29, 1.82) is 0 Å². The van der Waals surface area contributed by atoms with E-state index in [4.69, 9.17) is 28.1 Å². The van der Waals surface area contributed by atoms with Crippen molar-refractivity contribution in [3.05, 3.63) is 179 Å². The van der Waals surface area contributed by atoms with Crippen molar-refractivity contribution in [2.24, 2.45) is 0 Å². The van der Waals surface area contributed by atoms with Crippen LogP contribution < -0.4 is 28.1 Å². The molecule has 1 aliphatic heterocycles. The number of nitrogens with zero attached hydrogens (tertiary/aromatic N) is 3. The predicted molar refractivity (Wildman–Crippen MR) is 224 cm³/mol. The summed E-state index contributed by atoms with van der Waals surface area (Å²) in [4.78, 5) is 20.2. The van der Waals surface area contributed by atoms with Gasteiger partial charge < -0.3 is 58.7 Å². The third kappa shape index (κ3) is 10.9. The van der Waals surface area contributed by atoms with E-state index in [0.29, 0.717) is 67.9 Å². The van der Waals surface area contributed by atoms with Crippen LogP contribution in [0.2, 0.25) is 0 Å². The molecule has 0 amide bonds. The molecule has 6 aromatic rings.